The lowest BCUT2D eigenvalue weighted by Crippen LogP contribution is -2.35. The van der Waals surface area contributed by atoms with Gasteiger partial charge in [0, 0.05) is 5.56 Å². The quantitative estimate of drug-likeness (QED) is 0.406. The number of esters is 1. The molecule has 11 heteroatoms. The number of carbonyl (C=O) groups excluding carboxylic acids is 3. The molecule has 2 N–H and O–H groups in total. The monoisotopic (exact) mass is 466 g/mol. The molecule has 0 aliphatic heterocycles. The van der Waals surface area contributed by atoms with Gasteiger partial charge < -0.3 is 19.8 Å². The number of ether oxygens (including phenoxy) is 1. The molecule has 0 unspecified atom stereocenters. The van der Waals surface area contributed by atoms with Crippen LogP contribution in [-0.2, 0) is 14.3 Å². The largest absolute Gasteiger partial charge is 0.450 e. The maximum atomic E-state index is 13.5. The fourth-order valence-electron chi connectivity index (χ4n) is 2.50. The van der Waals surface area contributed by atoms with Crippen molar-refractivity contribution in [1.82, 2.24) is 5.32 Å². The molecule has 0 spiro atoms. The Kier molecular flexibility index (Phi) is 7.16. The summed E-state index contributed by atoms with van der Waals surface area (Å²) in [4.78, 5) is 35.6. The first-order chi connectivity index (χ1) is 15.3. The van der Waals surface area contributed by atoms with Crippen LogP contribution in [0.3, 0.4) is 0 Å². The Morgan fingerprint density at radius 2 is 1.69 bits per heavy atom. The highest BCUT2D eigenvalue weighted by Crippen LogP contribution is 2.29. The zero-order valence-electron chi connectivity index (χ0n) is 16.1. The summed E-state index contributed by atoms with van der Waals surface area (Å²) < 4.78 is 49.8. The molecule has 166 valence electrons. The van der Waals surface area contributed by atoms with Gasteiger partial charge in [-0.3, -0.25) is 9.59 Å². The minimum absolute atomic E-state index is 0.167. The highest BCUT2D eigenvalue weighted by atomic mass is 35.5. The van der Waals surface area contributed by atoms with Crippen molar-refractivity contribution in [3.05, 3.63) is 76.8 Å². The standard InChI is InChI=1S/C21H14ClF3N2O5/c22-12-4-2-1-3-11(12)15-7-8-16(32-15)21(30)31-10-18(29)26-9-17(28)27-14-6-5-13(23)19(24)20(14)25/h1-8H,9-10H2,(H,26,29)(H,27,28). The summed E-state index contributed by atoms with van der Waals surface area (Å²) in [5.41, 5.74) is -0.0313. The summed E-state index contributed by atoms with van der Waals surface area (Å²) in [5, 5.41) is 4.52. The number of amides is 2. The molecule has 1 heterocycles. The van der Waals surface area contributed by atoms with E-state index in [9.17, 15) is 27.6 Å². The number of halogens is 4. The number of benzene rings is 2. The predicted molar refractivity (Wildman–Crippen MR) is 107 cm³/mol. The Morgan fingerprint density at radius 1 is 0.938 bits per heavy atom. The summed E-state index contributed by atoms with van der Waals surface area (Å²) in [6.45, 7) is -1.36. The van der Waals surface area contributed by atoms with Crippen molar-refractivity contribution in [3.63, 3.8) is 0 Å². The second-order valence-electron chi connectivity index (χ2n) is 6.27. The minimum Gasteiger partial charge on any atom is -0.450 e. The van der Waals surface area contributed by atoms with Gasteiger partial charge in [-0.25, -0.2) is 18.0 Å². The molecule has 7 nitrogen and oxygen atoms in total. The molecule has 3 aromatic rings. The lowest BCUT2D eigenvalue weighted by atomic mass is 10.2. The Labute approximate surface area is 184 Å². The second-order valence-corrected chi connectivity index (χ2v) is 6.67. The molecule has 0 atom stereocenters. The Bertz CT molecular complexity index is 1180. The van der Waals surface area contributed by atoms with Gasteiger partial charge in [0.2, 0.25) is 11.7 Å². The lowest BCUT2D eigenvalue weighted by Gasteiger charge is -2.08. The first-order valence-corrected chi connectivity index (χ1v) is 9.36. The van der Waals surface area contributed by atoms with Crippen LogP contribution in [0.15, 0.2) is 52.9 Å². The van der Waals surface area contributed by atoms with Crippen molar-refractivity contribution in [3.8, 4) is 11.3 Å². The summed E-state index contributed by atoms with van der Waals surface area (Å²) in [6, 6.07) is 11.1. The molecule has 3 rings (SSSR count). The third-order valence-electron chi connectivity index (χ3n) is 4.04. The van der Waals surface area contributed by atoms with Crippen LogP contribution in [0.1, 0.15) is 10.6 Å². The molecule has 0 radical (unpaired) electrons. The molecule has 0 bridgehead atoms. The Balaban J connectivity index is 1.47. The highest BCUT2D eigenvalue weighted by molar-refractivity contribution is 6.33. The second kappa shape index (κ2) is 10.0. The number of nitrogens with one attached hydrogen (secondary N) is 2. The van der Waals surface area contributed by atoms with Gasteiger partial charge in [-0.2, -0.15) is 0 Å². The van der Waals surface area contributed by atoms with E-state index in [0.717, 1.165) is 6.07 Å². The molecule has 0 saturated carbocycles. The number of rotatable bonds is 7. The molecule has 0 aliphatic carbocycles. The van der Waals surface area contributed by atoms with E-state index in [2.05, 4.69) is 5.32 Å². The summed E-state index contributed by atoms with van der Waals surface area (Å²) in [5.74, 6) is -7.24. The number of hydrogen-bond donors (Lipinski definition) is 2. The van der Waals surface area contributed by atoms with Gasteiger partial charge in [-0.1, -0.05) is 23.7 Å². The van der Waals surface area contributed by atoms with Gasteiger partial charge in [0.25, 0.3) is 5.91 Å². The maximum absolute atomic E-state index is 13.5. The zero-order chi connectivity index (χ0) is 23.3. The van der Waals surface area contributed by atoms with E-state index in [0.29, 0.717) is 22.4 Å². The van der Waals surface area contributed by atoms with Crippen LogP contribution < -0.4 is 10.6 Å². The summed E-state index contributed by atoms with van der Waals surface area (Å²) in [6.07, 6.45) is 0. The molecule has 1 aromatic heterocycles. The Hall–Kier alpha value is -3.79. The van der Waals surface area contributed by atoms with Crippen LogP contribution in [0.25, 0.3) is 11.3 Å². The number of carbonyl (C=O) groups is 3. The zero-order valence-corrected chi connectivity index (χ0v) is 16.8. The van der Waals surface area contributed by atoms with Gasteiger partial charge >= 0.3 is 5.97 Å². The van der Waals surface area contributed by atoms with Crippen LogP contribution >= 0.6 is 11.6 Å². The van der Waals surface area contributed by atoms with E-state index >= 15 is 0 Å². The van der Waals surface area contributed by atoms with Crippen LogP contribution in [0, 0.1) is 17.5 Å². The van der Waals surface area contributed by atoms with Crippen molar-refractivity contribution >= 4 is 35.1 Å². The first-order valence-electron chi connectivity index (χ1n) is 8.98. The van der Waals surface area contributed by atoms with Gasteiger partial charge in [-0.05, 0) is 36.4 Å². The van der Waals surface area contributed by atoms with Crippen molar-refractivity contribution in [1.29, 1.82) is 0 Å². The van der Waals surface area contributed by atoms with E-state index in [-0.39, 0.29) is 5.76 Å². The van der Waals surface area contributed by atoms with E-state index in [1.165, 1.54) is 12.1 Å². The maximum Gasteiger partial charge on any atom is 0.374 e. The number of furan rings is 1. The van der Waals surface area contributed by atoms with Crippen LogP contribution in [-0.4, -0.2) is 30.9 Å². The smallest absolute Gasteiger partial charge is 0.374 e. The van der Waals surface area contributed by atoms with Gasteiger partial charge in [0.15, 0.2) is 24.1 Å². The van der Waals surface area contributed by atoms with Crippen LogP contribution in [0.4, 0.5) is 18.9 Å². The van der Waals surface area contributed by atoms with Crippen molar-refractivity contribution in [2.45, 2.75) is 0 Å². The van der Waals surface area contributed by atoms with E-state index in [4.69, 9.17) is 20.8 Å². The Morgan fingerprint density at radius 3 is 2.44 bits per heavy atom. The van der Waals surface area contributed by atoms with Crippen molar-refractivity contribution in [2.75, 3.05) is 18.5 Å². The third-order valence-corrected chi connectivity index (χ3v) is 4.37. The van der Waals surface area contributed by atoms with Gasteiger partial charge in [0.05, 0.1) is 17.3 Å². The molecule has 2 amide bonds. The van der Waals surface area contributed by atoms with E-state index < -0.39 is 54.1 Å². The average molecular weight is 467 g/mol. The molecule has 0 aliphatic rings. The average Bonchev–Trinajstić information content (AvgIpc) is 3.27. The SMILES string of the molecule is O=C(COC(=O)c1ccc(-c2ccccc2Cl)o1)NCC(=O)Nc1ccc(F)c(F)c1F. The molecular formula is C21H14ClF3N2O5. The lowest BCUT2D eigenvalue weighted by molar-refractivity contribution is -0.126. The first kappa shape index (κ1) is 22.9. The van der Waals surface area contributed by atoms with Crippen LogP contribution in [0.2, 0.25) is 5.02 Å². The summed E-state index contributed by atoms with van der Waals surface area (Å²) >= 11 is 6.07. The topological polar surface area (TPSA) is 97.6 Å². The normalized spacial score (nSPS) is 10.5. The van der Waals surface area contributed by atoms with Crippen molar-refractivity contribution in [2.24, 2.45) is 0 Å². The molecule has 0 saturated heterocycles. The fourth-order valence-corrected chi connectivity index (χ4v) is 2.73. The van der Waals surface area contributed by atoms with E-state index in [1.54, 1.807) is 24.3 Å². The van der Waals surface area contributed by atoms with Gasteiger partial charge in [0.1, 0.15) is 5.76 Å². The van der Waals surface area contributed by atoms with E-state index in [1.807, 2.05) is 5.32 Å². The molecular weight excluding hydrogens is 453 g/mol. The van der Waals surface area contributed by atoms with Crippen LogP contribution in [0.5, 0.6) is 0 Å². The van der Waals surface area contributed by atoms with Crippen molar-refractivity contribution < 1.29 is 36.7 Å². The molecule has 0 fully saturated rings. The number of anilines is 1. The third kappa shape index (κ3) is 5.46. The fraction of sp³-hybridized carbons (Fsp3) is 0.0952. The number of hydrogen-bond acceptors (Lipinski definition) is 5. The predicted octanol–water partition coefficient (Wildman–Crippen LogP) is 3.93. The minimum atomic E-state index is -1.74. The molecule has 2 aromatic carbocycles. The summed E-state index contributed by atoms with van der Waals surface area (Å²) in [7, 11) is 0. The highest BCUT2D eigenvalue weighted by Gasteiger charge is 2.18. The van der Waals surface area contributed by atoms with Gasteiger partial charge in [-0.15, -0.1) is 0 Å². The molecule has 32 heavy (non-hydrogen) atoms.